The fourth-order valence-corrected chi connectivity index (χ4v) is 2.06. The molecule has 3 heteroatoms. The molecule has 1 fully saturated rings. The average Bonchev–Trinajstić information content (AvgIpc) is 2.51. The minimum Gasteiger partial charge on any atom is -0.381 e. The highest BCUT2D eigenvalue weighted by Crippen LogP contribution is 2.18. The Morgan fingerprint density at radius 1 is 1.50 bits per heavy atom. The number of rotatable bonds is 2. The highest BCUT2D eigenvalue weighted by Gasteiger charge is 2.18. The average molecular weight is 211 g/mol. The number of halogens is 1. The number of benzene rings is 1. The van der Waals surface area contributed by atoms with Gasteiger partial charge in [-0.25, -0.2) is 0 Å². The van der Waals surface area contributed by atoms with E-state index in [-0.39, 0.29) is 0 Å². The van der Waals surface area contributed by atoms with E-state index in [1.807, 2.05) is 18.2 Å². The summed E-state index contributed by atoms with van der Waals surface area (Å²) in [6.45, 7) is 2.30. The quantitative estimate of drug-likeness (QED) is 0.807. The molecule has 1 saturated heterocycles. The van der Waals surface area contributed by atoms with Crippen LogP contribution in [0.3, 0.4) is 0 Å². The van der Waals surface area contributed by atoms with Crippen molar-refractivity contribution in [3.8, 4) is 0 Å². The van der Waals surface area contributed by atoms with E-state index >= 15 is 0 Å². The predicted octanol–water partition coefficient (Wildman–Crippen LogP) is 2.46. The van der Waals surface area contributed by atoms with Gasteiger partial charge in [-0.05, 0) is 38.2 Å². The minimum absolute atomic E-state index is 0.568. The number of likely N-dealkylation sites (tertiary alicyclic amines) is 1. The van der Waals surface area contributed by atoms with Gasteiger partial charge in [0.2, 0.25) is 0 Å². The molecule has 0 aliphatic carbocycles. The van der Waals surface area contributed by atoms with Crippen molar-refractivity contribution in [1.29, 1.82) is 0 Å². The number of hydrogen-bond acceptors (Lipinski definition) is 2. The minimum atomic E-state index is 0.568. The van der Waals surface area contributed by atoms with Gasteiger partial charge < -0.3 is 10.2 Å². The highest BCUT2D eigenvalue weighted by atomic mass is 35.5. The first kappa shape index (κ1) is 9.81. The molecule has 76 valence electrons. The van der Waals surface area contributed by atoms with Crippen LogP contribution in [-0.4, -0.2) is 31.1 Å². The van der Waals surface area contributed by atoms with E-state index in [1.54, 1.807) is 0 Å². The zero-order chi connectivity index (χ0) is 9.97. The van der Waals surface area contributed by atoms with E-state index in [2.05, 4.69) is 23.3 Å². The molecule has 1 aromatic rings. The summed E-state index contributed by atoms with van der Waals surface area (Å²) in [6.07, 6.45) is 1.21. The van der Waals surface area contributed by atoms with Gasteiger partial charge in [0, 0.05) is 23.3 Å². The third-order valence-electron chi connectivity index (χ3n) is 2.59. The summed E-state index contributed by atoms with van der Waals surface area (Å²) < 4.78 is 0. The Balaban J connectivity index is 1.97. The lowest BCUT2D eigenvalue weighted by atomic mass is 10.2. The molecule has 1 aromatic carbocycles. The molecule has 2 rings (SSSR count). The van der Waals surface area contributed by atoms with E-state index in [1.165, 1.54) is 13.0 Å². The normalized spacial score (nSPS) is 22.6. The van der Waals surface area contributed by atoms with Crippen LogP contribution < -0.4 is 5.32 Å². The monoisotopic (exact) mass is 210 g/mol. The van der Waals surface area contributed by atoms with E-state index in [0.29, 0.717) is 6.04 Å². The van der Waals surface area contributed by atoms with Gasteiger partial charge in [-0.2, -0.15) is 0 Å². The lowest BCUT2D eigenvalue weighted by Gasteiger charge is -2.14. The van der Waals surface area contributed by atoms with Gasteiger partial charge in [-0.1, -0.05) is 17.7 Å². The first-order valence-electron chi connectivity index (χ1n) is 4.95. The Morgan fingerprint density at radius 2 is 2.36 bits per heavy atom. The summed E-state index contributed by atoms with van der Waals surface area (Å²) in [4.78, 5) is 2.34. The summed E-state index contributed by atoms with van der Waals surface area (Å²) in [5, 5.41) is 4.28. The van der Waals surface area contributed by atoms with Crippen molar-refractivity contribution in [2.75, 3.05) is 25.5 Å². The molecule has 0 saturated carbocycles. The smallest absolute Gasteiger partial charge is 0.0426 e. The van der Waals surface area contributed by atoms with Crippen molar-refractivity contribution in [1.82, 2.24) is 4.90 Å². The second-order valence-corrected chi connectivity index (χ2v) is 4.34. The van der Waals surface area contributed by atoms with E-state index in [9.17, 15) is 0 Å². The fraction of sp³-hybridized carbons (Fsp3) is 0.455. The van der Waals surface area contributed by atoms with Gasteiger partial charge in [0.1, 0.15) is 0 Å². The third kappa shape index (κ3) is 2.40. The third-order valence-corrected chi connectivity index (χ3v) is 2.82. The highest BCUT2D eigenvalue weighted by molar-refractivity contribution is 6.30. The van der Waals surface area contributed by atoms with E-state index in [4.69, 9.17) is 11.6 Å². The number of hydrogen-bond donors (Lipinski definition) is 1. The van der Waals surface area contributed by atoms with Crippen LogP contribution in [0.1, 0.15) is 6.42 Å². The first-order chi connectivity index (χ1) is 6.74. The largest absolute Gasteiger partial charge is 0.381 e. The lowest BCUT2D eigenvalue weighted by molar-refractivity contribution is 0.414. The standard InChI is InChI=1S/C11H15ClN2/c1-14-6-5-11(8-14)13-10-4-2-3-9(12)7-10/h2-4,7,11,13H,5-6,8H2,1H3. The van der Waals surface area contributed by atoms with Crippen LogP contribution in [0, 0.1) is 0 Å². The van der Waals surface area contributed by atoms with Crippen LogP contribution in [-0.2, 0) is 0 Å². The molecule has 14 heavy (non-hydrogen) atoms. The van der Waals surface area contributed by atoms with Crippen molar-refractivity contribution in [3.63, 3.8) is 0 Å². The Hall–Kier alpha value is -0.730. The molecule has 0 radical (unpaired) electrons. The summed E-state index contributed by atoms with van der Waals surface area (Å²) in [5.74, 6) is 0. The molecule has 1 aliphatic rings. The van der Waals surface area contributed by atoms with Crippen LogP contribution in [0.15, 0.2) is 24.3 Å². The van der Waals surface area contributed by atoms with E-state index < -0.39 is 0 Å². The van der Waals surface area contributed by atoms with E-state index in [0.717, 1.165) is 17.3 Å². The van der Waals surface area contributed by atoms with Crippen LogP contribution in [0.4, 0.5) is 5.69 Å². The molecule has 0 spiro atoms. The maximum atomic E-state index is 5.91. The van der Waals surface area contributed by atoms with Gasteiger partial charge in [-0.15, -0.1) is 0 Å². The van der Waals surface area contributed by atoms with Gasteiger partial charge in [0.25, 0.3) is 0 Å². The second kappa shape index (κ2) is 4.20. The molecule has 1 unspecified atom stereocenters. The molecule has 1 aliphatic heterocycles. The SMILES string of the molecule is CN1CCC(Nc2cccc(Cl)c2)C1. The van der Waals surface area contributed by atoms with Crippen molar-refractivity contribution in [2.24, 2.45) is 0 Å². The Bertz CT molecular complexity index is 314. The topological polar surface area (TPSA) is 15.3 Å². The van der Waals surface area contributed by atoms with Crippen LogP contribution >= 0.6 is 11.6 Å². The first-order valence-corrected chi connectivity index (χ1v) is 5.32. The van der Waals surface area contributed by atoms with Gasteiger partial charge in [-0.3, -0.25) is 0 Å². The fourth-order valence-electron chi connectivity index (χ4n) is 1.87. The molecule has 1 heterocycles. The van der Waals surface area contributed by atoms with Crippen LogP contribution in [0.2, 0.25) is 5.02 Å². The van der Waals surface area contributed by atoms with Gasteiger partial charge in [0.15, 0.2) is 0 Å². The Kier molecular flexibility index (Phi) is 2.94. The van der Waals surface area contributed by atoms with Crippen LogP contribution in [0.5, 0.6) is 0 Å². The Morgan fingerprint density at radius 3 is 3.00 bits per heavy atom. The molecule has 0 bridgehead atoms. The predicted molar refractivity (Wildman–Crippen MR) is 61.0 cm³/mol. The van der Waals surface area contributed by atoms with Crippen molar-refractivity contribution in [3.05, 3.63) is 29.3 Å². The molecule has 2 nitrogen and oxygen atoms in total. The molecule has 0 aromatic heterocycles. The molecule has 0 amide bonds. The molecule has 1 atom stereocenters. The maximum Gasteiger partial charge on any atom is 0.0426 e. The molecule has 1 N–H and O–H groups in total. The van der Waals surface area contributed by atoms with Gasteiger partial charge >= 0.3 is 0 Å². The lowest BCUT2D eigenvalue weighted by Crippen LogP contribution is -2.23. The zero-order valence-electron chi connectivity index (χ0n) is 8.33. The molecular weight excluding hydrogens is 196 g/mol. The number of anilines is 1. The van der Waals surface area contributed by atoms with Crippen molar-refractivity contribution < 1.29 is 0 Å². The summed E-state index contributed by atoms with van der Waals surface area (Å²) >= 11 is 5.91. The number of nitrogens with one attached hydrogen (secondary N) is 1. The summed E-state index contributed by atoms with van der Waals surface area (Å²) in [6, 6.07) is 8.47. The zero-order valence-corrected chi connectivity index (χ0v) is 9.09. The summed E-state index contributed by atoms with van der Waals surface area (Å²) in [7, 11) is 2.15. The number of likely N-dealkylation sites (N-methyl/N-ethyl adjacent to an activating group) is 1. The maximum absolute atomic E-state index is 5.91. The molecular formula is C11H15ClN2. The summed E-state index contributed by atoms with van der Waals surface area (Å²) in [5.41, 5.74) is 1.12. The van der Waals surface area contributed by atoms with Crippen molar-refractivity contribution in [2.45, 2.75) is 12.5 Å². The van der Waals surface area contributed by atoms with Crippen LogP contribution in [0.25, 0.3) is 0 Å². The van der Waals surface area contributed by atoms with Crippen molar-refractivity contribution >= 4 is 17.3 Å². The Labute approximate surface area is 89.9 Å². The van der Waals surface area contributed by atoms with Gasteiger partial charge in [0.05, 0.1) is 0 Å². The number of nitrogens with zero attached hydrogens (tertiary/aromatic N) is 1. The second-order valence-electron chi connectivity index (χ2n) is 3.90.